The smallest absolute Gasteiger partial charge is 0.255 e. The van der Waals surface area contributed by atoms with E-state index in [9.17, 15) is 9.59 Å². The summed E-state index contributed by atoms with van der Waals surface area (Å²) in [6.45, 7) is 1.48. The lowest BCUT2D eigenvalue weighted by Gasteiger charge is -2.20. The molecule has 2 saturated heterocycles. The van der Waals surface area contributed by atoms with Gasteiger partial charge in [0.15, 0.2) is 5.78 Å². The van der Waals surface area contributed by atoms with Gasteiger partial charge < -0.3 is 15.2 Å². The van der Waals surface area contributed by atoms with Crippen molar-refractivity contribution in [2.45, 2.75) is 44.2 Å². The number of nitrogens with one attached hydrogen (secondary N) is 3. The van der Waals surface area contributed by atoms with Crippen molar-refractivity contribution in [1.29, 1.82) is 0 Å². The van der Waals surface area contributed by atoms with Gasteiger partial charge in [-0.25, -0.2) is 15.0 Å². The second-order valence-corrected chi connectivity index (χ2v) is 11.6. The number of anilines is 1. The van der Waals surface area contributed by atoms with Gasteiger partial charge in [0.2, 0.25) is 0 Å². The number of fused-ring (bicyclic) bond motifs is 2. The van der Waals surface area contributed by atoms with Crippen molar-refractivity contribution < 1.29 is 9.59 Å². The molecule has 6 rings (SSSR count). The van der Waals surface area contributed by atoms with Gasteiger partial charge in [0.05, 0.1) is 39.2 Å². The Balaban J connectivity index is 1.32. The number of likely N-dealkylation sites (tertiary alicyclic amines) is 1. The average Bonchev–Trinajstić information content (AvgIpc) is 3.72. The predicted octanol–water partition coefficient (Wildman–Crippen LogP) is 5.56. The number of halogens is 2. The Hall–Kier alpha value is -2.92. The Morgan fingerprint density at radius 3 is 2.77 bits per heavy atom. The Labute approximate surface area is 239 Å². The number of H-pyrrole nitrogens is 1. The Bertz CT molecular complexity index is 1550. The Morgan fingerprint density at radius 2 is 1.97 bits per heavy atom. The van der Waals surface area contributed by atoms with Crippen molar-refractivity contribution in [2.24, 2.45) is 0 Å². The number of carbonyl (C=O) groups is 2. The predicted molar refractivity (Wildman–Crippen MR) is 155 cm³/mol. The monoisotopic (exact) mass is 583 g/mol. The topological polar surface area (TPSA) is 116 Å². The normalized spacial score (nSPS) is 18.2. The summed E-state index contributed by atoms with van der Waals surface area (Å²) >= 11 is 14.4. The molecular formula is C27H27Cl2N7O2S. The zero-order valence-electron chi connectivity index (χ0n) is 21.0. The van der Waals surface area contributed by atoms with E-state index in [1.54, 1.807) is 30.1 Å². The number of hydrogen-bond acceptors (Lipinski definition) is 8. The molecule has 2 fully saturated rings. The van der Waals surface area contributed by atoms with Gasteiger partial charge in [0.1, 0.15) is 18.0 Å². The molecule has 4 aromatic rings. The maximum absolute atomic E-state index is 13.0. The van der Waals surface area contributed by atoms with Crippen molar-refractivity contribution in [2.75, 3.05) is 24.2 Å². The van der Waals surface area contributed by atoms with Gasteiger partial charge in [-0.2, -0.15) is 0 Å². The first-order valence-corrected chi connectivity index (χ1v) is 14.8. The zero-order chi connectivity index (χ0) is 26.9. The van der Waals surface area contributed by atoms with E-state index in [1.165, 1.54) is 6.33 Å². The summed E-state index contributed by atoms with van der Waals surface area (Å²) in [5.74, 6) is 2.24. The first-order valence-electron chi connectivity index (χ1n) is 13.0. The van der Waals surface area contributed by atoms with Crippen LogP contribution in [-0.2, 0) is 4.79 Å². The van der Waals surface area contributed by atoms with E-state index in [1.807, 2.05) is 17.0 Å². The number of hydrogen-bond donors (Lipinski definition) is 3. The first kappa shape index (κ1) is 26.3. The minimum atomic E-state index is -0.350. The maximum atomic E-state index is 13.0. The fourth-order valence-corrected chi connectivity index (χ4v) is 6.48. The highest BCUT2D eigenvalue weighted by Crippen LogP contribution is 2.32. The minimum absolute atomic E-state index is 0.0801. The van der Waals surface area contributed by atoms with Gasteiger partial charge in [0, 0.05) is 35.7 Å². The molecule has 3 N–H and O–H groups in total. The largest absolute Gasteiger partial charge is 0.359 e. The van der Waals surface area contributed by atoms with Gasteiger partial charge in [0.25, 0.3) is 5.91 Å². The van der Waals surface area contributed by atoms with E-state index in [0.717, 1.165) is 49.1 Å². The standard InChI is InChI=1S/C27H27Cl2N7O2S/c28-15-3-4-19-23(11-15)34-26(32-19)21(5-6-24(37)20-7-10-39-35-20)33-25-17-12-18(29)16(13-22(17)30-14-31-25)27(38)36-8-1-2-9-36/h3-4,11-14,20-21,35H,1-2,5-10H2,(H,32,34)(H,30,31,33). The van der Waals surface area contributed by atoms with Crippen LogP contribution in [0.25, 0.3) is 21.9 Å². The van der Waals surface area contributed by atoms with Crippen LogP contribution in [-0.4, -0.2) is 61.4 Å². The number of aromatic nitrogens is 4. The van der Waals surface area contributed by atoms with E-state index in [-0.39, 0.29) is 23.8 Å². The zero-order valence-corrected chi connectivity index (χ0v) is 23.4. The lowest BCUT2D eigenvalue weighted by Crippen LogP contribution is -2.28. The summed E-state index contributed by atoms with van der Waals surface area (Å²) < 4.78 is 3.20. The van der Waals surface area contributed by atoms with Gasteiger partial charge in [-0.15, -0.1) is 0 Å². The van der Waals surface area contributed by atoms with Crippen LogP contribution < -0.4 is 10.0 Å². The highest BCUT2D eigenvalue weighted by molar-refractivity contribution is 7.97. The number of Topliss-reactive ketones (excluding diaryl/α,β-unsaturated/α-hetero) is 1. The van der Waals surface area contributed by atoms with Crippen molar-refractivity contribution in [3.8, 4) is 0 Å². The molecule has 1 amide bonds. The molecule has 0 radical (unpaired) electrons. The van der Waals surface area contributed by atoms with Crippen molar-refractivity contribution in [1.82, 2.24) is 29.6 Å². The number of nitrogens with zero attached hydrogens (tertiary/aromatic N) is 4. The third kappa shape index (κ3) is 5.56. The SMILES string of the molecule is O=C(CCC(Nc1ncnc2cc(C(=O)N3CCCC3)c(Cl)cc12)c1nc2ccc(Cl)cc2[nH]1)C1CCSN1. The second-order valence-electron chi connectivity index (χ2n) is 9.86. The molecule has 202 valence electrons. The fourth-order valence-electron chi connectivity index (χ4n) is 5.14. The van der Waals surface area contributed by atoms with E-state index in [2.05, 4.69) is 25.0 Å². The van der Waals surface area contributed by atoms with Gasteiger partial charge >= 0.3 is 0 Å². The van der Waals surface area contributed by atoms with E-state index in [0.29, 0.717) is 51.0 Å². The number of aromatic amines is 1. The average molecular weight is 585 g/mol. The van der Waals surface area contributed by atoms with Crippen LogP contribution in [0.3, 0.4) is 0 Å². The van der Waals surface area contributed by atoms with Crippen LogP contribution in [0.15, 0.2) is 36.7 Å². The van der Waals surface area contributed by atoms with Gasteiger partial charge in [-0.3, -0.25) is 14.3 Å². The number of amides is 1. The molecule has 2 aliphatic rings. The molecule has 2 atom stereocenters. The molecule has 2 unspecified atom stereocenters. The number of ketones is 1. The maximum Gasteiger partial charge on any atom is 0.255 e. The van der Waals surface area contributed by atoms with E-state index < -0.39 is 0 Å². The molecule has 0 bridgehead atoms. The third-order valence-electron chi connectivity index (χ3n) is 7.25. The van der Waals surface area contributed by atoms with Crippen LogP contribution in [0.5, 0.6) is 0 Å². The van der Waals surface area contributed by atoms with Crippen molar-refractivity contribution in [3.05, 3.63) is 58.1 Å². The highest BCUT2D eigenvalue weighted by atomic mass is 35.5. The van der Waals surface area contributed by atoms with Crippen LogP contribution in [0.2, 0.25) is 10.0 Å². The van der Waals surface area contributed by atoms with Crippen molar-refractivity contribution >= 4 is 74.6 Å². The molecule has 0 saturated carbocycles. The van der Waals surface area contributed by atoms with Crippen LogP contribution >= 0.6 is 35.1 Å². The molecule has 0 spiro atoms. The quantitative estimate of drug-likeness (QED) is 0.231. The van der Waals surface area contributed by atoms with Crippen LogP contribution in [0.4, 0.5) is 5.82 Å². The number of rotatable bonds is 8. The highest BCUT2D eigenvalue weighted by Gasteiger charge is 2.26. The van der Waals surface area contributed by atoms with Crippen LogP contribution in [0.1, 0.15) is 54.3 Å². The molecule has 12 heteroatoms. The molecule has 2 aromatic heterocycles. The molecule has 2 aromatic carbocycles. The molecule has 9 nitrogen and oxygen atoms in total. The van der Waals surface area contributed by atoms with Gasteiger partial charge in [-0.1, -0.05) is 35.1 Å². The molecule has 4 heterocycles. The molecule has 0 aliphatic carbocycles. The van der Waals surface area contributed by atoms with Gasteiger partial charge in [-0.05, 0) is 56.0 Å². The summed E-state index contributed by atoms with van der Waals surface area (Å²) in [7, 11) is 0. The summed E-state index contributed by atoms with van der Waals surface area (Å²) in [4.78, 5) is 44.8. The lowest BCUT2D eigenvalue weighted by molar-refractivity contribution is -0.120. The van der Waals surface area contributed by atoms with E-state index in [4.69, 9.17) is 28.2 Å². The molecule has 39 heavy (non-hydrogen) atoms. The first-order chi connectivity index (χ1) is 19.0. The summed E-state index contributed by atoms with van der Waals surface area (Å²) in [6.07, 6.45) is 5.16. The lowest BCUT2D eigenvalue weighted by atomic mass is 10.0. The van der Waals surface area contributed by atoms with Crippen LogP contribution in [0, 0.1) is 0 Å². The number of benzene rings is 2. The molecule has 2 aliphatic heterocycles. The fraction of sp³-hybridized carbons (Fsp3) is 0.370. The Morgan fingerprint density at radius 1 is 1.13 bits per heavy atom. The van der Waals surface area contributed by atoms with Crippen molar-refractivity contribution in [3.63, 3.8) is 0 Å². The third-order valence-corrected chi connectivity index (χ3v) is 8.69. The number of imidazole rings is 1. The molecular weight excluding hydrogens is 557 g/mol. The summed E-state index contributed by atoms with van der Waals surface area (Å²) in [6, 6.07) is 8.48. The number of carbonyl (C=O) groups excluding carboxylic acids is 2. The summed E-state index contributed by atoms with van der Waals surface area (Å²) in [5, 5.41) is 5.13. The Kier molecular flexibility index (Phi) is 7.61. The van der Waals surface area contributed by atoms with E-state index >= 15 is 0 Å². The second kappa shape index (κ2) is 11.3. The summed E-state index contributed by atoms with van der Waals surface area (Å²) in [5.41, 5.74) is 2.64. The minimum Gasteiger partial charge on any atom is -0.359 e.